The van der Waals surface area contributed by atoms with Gasteiger partial charge in [0.25, 0.3) is 0 Å². The molecule has 0 unspecified atom stereocenters. The highest BCUT2D eigenvalue weighted by Crippen LogP contribution is 2.27. The number of thiazole rings is 1. The quantitative estimate of drug-likeness (QED) is 0.485. The third kappa shape index (κ3) is 4.15. The average molecular weight is 356 g/mol. The highest BCUT2D eigenvalue weighted by Gasteiger charge is 2.12. The van der Waals surface area contributed by atoms with Crippen LogP contribution in [0.4, 0.5) is 5.69 Å². The van der Waals surface area contributed by atoms with Crippen molar-refractivity contribution in [3.8, 4) is 10.8 Å². The topological polar surface area (TPSA) is 55.1 Å². The molecule has 0 saturated heterocycles. The van der Waals surface area contributed by atoms with Crippen molar-refractivity contribution >= 4 is 34.7 Å². The predicted molar refractivity (Wildman–Crippen MR) is 99.5 cm³/mol. The maximum atomic E-state index is 12.3. The van der Waals surface area contributed by atoms with Gasteiger partial charge < -0.3 is 9.73 Å². The Morgan fingerprint density at radius 3 is 3.00 bits per heavy atom. The molecule has 6 heteroatoms. The van der Waals surface area contributed by atoms with Crippen molar-refractivity contribution in [2.75, 3.05) is 11.1 Å². The van der Waals surface area contributed by atoms with Crippen molar-refractivity contribution in [3.05, 3.63) is 66.4 Å². The van der Waals surface area contributed by atoms with E-state index in [2.05, 4.69) is 16.9 Å². The second-order valence-corrected chi connectivity index (χ2v) is 6.86. The normalized spacial score (nSPS) is 10.5. The van der Waals surface area contributed by atoms with Gasteiger partial charge in [-0.05, 0) is 24.3 Å². The predicted octanol–water partition coefficient (Wildman–Crippen LogP) is 4.86. The second kappa shape index (κ2) is 7.99. The first-order valence-electron chi connectivity index (χ1n) is 7.37. The summed E-state index contributed by atoms with van der Waals surface area (Å²) in [7, 11) is 0. The van der Waals surface area contributed by atoms with Crippen LogP contribution in [0, 0.1) is 0 Å². The average Bonchev–Trinajstić information content (AvgIpc) is 3.25. The van der Waals surface area contributed by atoms with Gasteiger partial charge in [0.1, 0.15) is 0 Å². The van der Waals surface area contributed by atoms with Crippen molar-refractivity contribution < 1.29 is 9.21 Å². The molecule has 0 spiro atoms. The highest BCUT2D eigenvalue weighted by atomic mass is 32.2. The zero-order chi connectivity index (χ0) is 16.8. The van der Waals surface area contributed by atoms with Gasteiger partial charge >= 0.3 is 0 Å². The first-order valence-corrected chi connectivity index (χ1v) is 9.23. The Morgan fingerprint density at radius 2 is 2.21 bits per heavy atom. The highest BCUT2D eigenvalue weighted by molar-refractivity contribution is 7.99. The molecule has 1 aromatic carbocycles. The van der Waals surface area contributed by atoms with Crippen LogP contribution in [0.5, 0.6) is 0 Å². The van der Waals surface area contributed by atoms with Gasteiger partial charge in [-0.3, -0.25) is 4.79 Å². The van der Waals surface area contributed by atoms with Crippen LogP contribution in [-0.2, 0) is 11.2 Å². The van der Waals surface area contributed by atoms with Gasteiger partial charge in [0.2, 0.25) is 5.91 Å². The smallest absolute Gasteiger partial charge is 0.230 e. The number of hydrogen-bond donors (Lipinski definition) is 1. The van der Waals surface area contributed by atoms with Crippen molar-refractivity contribution in [1.29, 1.82) is 0 Å². The molecule has 1 N–H and O–H groups in total. The van der Waals surface area contributed by atoms with Crippen LogP contribution in [-0.4, -0.2) is 16.6 Å². The molecule has 0 aliphatic carbocycles. The largest absolute Gasteiger partial charge is 0.462 e. The van der Waals surface area contributed by atoms with Gasteiger partial charge in [0, 0.05) is 16.0 Å². The molecule has 0 atom stereocenters. The molecule has 0 aliphatic rings. The van der Waals surface area contributed by atoms with E-state index in [-0.39, 0.29) is 12.3 Å². The fourth-order valence-corrected chi connectivity index (χ4v) is 3.64. The molecule has 0 radical (unpaired) electrons. The van der Waals surface area contributed by atoms with Crippen LogP contribution in [0.1, 0.15) is 5.69 Å². The van der Waals surface area contributed by atoms with Crippen LogP contribution in [0.15, 0.2) is 70.0 Å². The fraction of sp³-hybridized carbons (Fsp3) is 0.111. The van der Waals surface area contributed by atoms with E-state index in [0.29, 0.717) is 0 Å². The summed E-state index contributed by atoms with van der Waals surface area (Å²) in [5.41, 5.74) is 1.55. The van der Waals surface area contributed by atoms with Gasteiger partial charge in [-0.1, -0.05) is 18.2 Å². The number of carbonyl (C=O) groups excluding carboxylic acids is 1. The Hall–Kier alpha value is -2.31. The van der Waals surface area contributed by atoms with E-state index in [1.165, 1.54) is 11.3 Å². The Bertz CT molecular complexity index is 825. The molecule has 0 aliphatic heterocycles. The molecular weight excluding hydrogens is 340 g/mol. The minimum absolute atomic E-state index is 0.0852. The molecule has 3 rings (SSSR count). The van der Waals surface area contributed by atoms with Crippen LogP contribution < -0.4 is 5.32 Å². The third-order valence-electron chi connectivity index (χ3n) is 3.14. The number of para-hydroxylation sites is 1. The van der Waals surface area contributed by atoms with Crippen LogP contribution in [0.2, 0.25) is 0 Å². The number of thioether (sulfide) groups is 1. The summed E-state index contributed by atoms with van der Waals surface area (Å²) in [6, 6.07) is 11.4. The summed E-state index contributed by atoms with van der Waals surface area (Å²) >= 11 is 3.11. The van der Waals surface area contributed by atoms with E-state index in [9.17, 15) is 4.79 Å². The van der Waals surface area contributed by atoms with E-state index in [1.54, 1.807) is 18.0 Å². The first kappa shape index (κ1) is 16.5. The Kier molecular flexibility index (Phi) is 5.51. The standard InChI is InChI=1S/C18H16N2O2S2/c1-2-10-23-16-8-4-3-6-14(16)20-17(21)11-13-12-24-18(19-13)15-7-5-9-22-15/h2-9,12H,1,10-11H2,(H,20,21). The van der Waals surface area contributed by atoms with Crippen molar-refractivity contribution in [2.45, 2.75) is 11.3 Å². The monoisotopic (exact) mass is 356 g/mol. The van der Waals surface area contributed by atoms with E-state index in [0.717, 1.165) is 32.8 Å². The number of rotatable bonds is 7. The van der Waals surface area contributed by atoms with Gasteiger partial charge in [0.15, 0.2) is 10.8 Å². The van der Waals surface area contributed by atoms with E-state index >= 15 is 0 Å². The van der Waals surface area contributed by atoms with Crippen molar-refractivity contribution in [3.63, 3.8) is 0 Å². The molecule has 2 heterocycles. The SMILES string of the molecule is C=CCSc1ccccc1NC(=O)Cc1csc(-c2ccco2)n1. The maximum Gasteiger partial charge on any atom is 0.230 e. The first-order chi connectivity index (χ1) is 11.8. The lowest BCUT2D eigenvalue weighted by Gasteiger charge is -2.09. The van der Waals surface area contributed by atoms with Gasteiger partial charge in [0.05, 0.1) is 24.1 Å². The van der Waals surface area contributed by atoms with Gasteiger partial charge in [-0.15, -0.1) is 29.7 Å². The number of amides is 1. The molecule has 4 nitrogen and oxygen atoms in total. The lowest BCUT2D eigenvalue weighted by molar-refractivity contribution is -0.115. The Balaban J connectivity index is 1.65. The van der Waals surface area contributed by atoms with E-state index < -0.39 is 0 Å². The minimum Gasteiger partial charge on any atom is -0.462 e. The molecule has 24 heavy (non-hydrogen) atoms. The molecule has 122 valence electrons. The van der Waals surface area contributed by atoms with Crippen molar-refractivity contribution in [2.24, 2.45) is 0 Å². The van der Waals surface area contributed by atoms with Crippen LogP contribution >= 0.6 is 23.1 Å². The van der Waals surface area contributed by atoms with Crippen LogP contribution in [0.25, 0.3) is 10.8 Å². The number of benzene rings is 1. The second-order valence-electron chi connectivity index (χ2n) is 4.94. The summed E-state index contributed by atoms with van der Waals surface area (Å²) in [5.74, 6) is 1.43. The molecule has 1 amide bonds. The molecule has 2 aromatic heterocycles. The van der Waals surface area contributed by atoms with E-state index in [1.807, 2.05) is 47.9 Å². The molecule has 0 bridgehead atoms. The molecule has 0 fully saturated rings. The van der Waals surface area contributed by atoms with Gasteiger partial charge in [-0.25, -0.2) is 4.98 Å². The van der Waals surface area contributed by atoms with Gasteiger partial charge in [-0.2, -0.15) is 0 Å². The molecule has 3 aromatic rings. The molecule has 0 saturated carbocycles. The third-order valence-corrected chi connectivity index (χ3v) is 5.12. The summed E-state index contributed by atoms with van der Waals surface area (Å²) in [6.45, 7) is 3.72. The Morgan fingerprint density at radius 1 is 1.33 bits per heavy atom. The minimum atomic E-state index is -0.0852. The fourth-order valence-electron chi connectivity index (χ4n) is 2.10. The maximum absolute atomic E-state index is 12.3. The zero-order valence-corrected chi connectivity index (χ0v) is 14.5. The Labute approximate surface area is 148 Å². The number of aromatic nitrogens is 1. The number of nitrogens with one attached hydrogen (secondary N) is 1. The number of furan rings is 1. The zero-order valence-electron chi connectivity index (χ0n) is 12.9. The summed E-state index contributed by atoms with van der Waals surface area (Å²) in [6.07, 6.45) is 3.69. The summed E-state index contributed by atoms with van der Waals surface area (Å²) in [5, 5.41) is 5.63. The summed E-state index contributed by atoms with van der Waals surface area (Å²) < 4.78 is 5.32. The van der Waals surface area contributed by atoms with E-state index in [4.69, 9.17) is 4.42 Å². The number of carbonyl (C=O) groups is 1. The summed E-state index contributed by atoms with van der Waals surface area (Å²) in [4.78, 5) is 17.8. The number of nitrogens with zero attached hydrogens (tertiary/aromatic N) is 1. The lowest BCUT2D eigenvalue weighted by atomic mass is 10.3. The van der Waals surface area contributed by atoms with Crippen molar-refractivity contribution in [1.82, 2.24) is 4.98 Å². The number of anilines is 1. The molecular formula is C18H16N2O2S2. The van der Waals surface area contributed by atoms with Crippen LogP contribution in [0.3, 0.4) is 0 Å². The lowest BCUT2D eigenvalue weighted by Crippen LogP contribution is -2.15. The number of hydrogen-bond acceptors (Lipinski definition) is 5.